The van der Waals surface area contributed by atoms with E-state index in [0.717, 1.165) is 11.3 Å². The van der Waals surface area contributed by atoms with Crippen LogP contribution in [-0.4, -0.2) is 26.6 Å². The van der Waals surface area contributed by atoms with Crippen molar-refractivity contribution in [1.82, 2.24) is 0 Å². The zero-order valence-corrected chi connectivity index (χ0v) is 14.0. The Bertz CT molecular complexity index is 649. The van der Waals surface area contributed by atoms with Gasteiger partial charge in [-0.25, -0.2) is 8.42 Å². The molecule has 116 valence electrons. The highest BCUT2D eigenvalue weighted by atomic mass is 35.7. The summed E-state index contributed by atoms with van der Waals surface area (Å²) in [5, 5.41) is 0. The van der Waals surface area contributed by atoms with Gasteiger partial charge in [0.1, 0.15) is 0 Å². The molecule has 1 aliphatic rings. The first-order valence-electron chi connectivity index (χ1n) is 6.90. The van der Waals surface area contributed by atoms with E-state index in [0.29, 0.717) is 6.54 Å². The molecule has 1 atom stereocenters. The van der Waals surface area contributed by atoms with E-state index in [2.05, 4.69) is 20.8 Å². The fraction of sp³-hybridized carbons (Fsp3) is 0.533. The molecule has 0 aromatic heterocycles. The topological polar surface area (TPSA) is 54.5 Å². The molecule has 1 amide bonds. The molecule has 4 nitrogen and oxygen atoms in total. The van der Waals surface area contributed by atoms with Gasteiger partial charge in [0.2, 0.25) is 15.0 Å². The van der Waals surface area contributed by atoms with Gasteiger partial charge >= 0.3 is 0 Å². The second-order valence-electron chi connectivity index (χ2n) is 6.55. The van der Waals surface area contributed by atoms with Crippen LogP contribution in [-0.2, 0) is 19.3 Å². The monoisotopic (exact) mass is 329 g/mol. The first-order chi connectivity index (χ1) is 9.58. The summed E-state index contributed by atoms with van der Waals surface area (Å²) in [7, 11) is 1.72. The number of para-hydroxylation sites is 1. The maximum absolute atomic E-state index is 12.2. The number of carbonyl (C=O) groups excluding carboxylic acids is 1. The summed E-state index contributed by atoms with van der Waals surface area (Å²) >= 11 is 0. The largest absolute Gasteiger partial charge is 0.312 e. The van der Waals surface area contributed by atoms with E-state index < -0.39 is 9.05 Å². The summed E-state index contributed by atoms with van der Waals surface area (Å²) in [5.41, 5.74) is 1.85. The van der Waals surface area contributed by atoms with Crippen molar-refractivity contribution in [3.63, 3.8) is 0 Å². The van der Waals surface area contributed by atoms with E-state index in [1.165, 1.54) is 0 Å². The van der Waals surface area contributed by atoms with Crippen LogP contribution in [0.15, 0.2) is 24.3 Å². The van der Waals surface area contributed by atoms with Crippen molar-refractivity contribution in [2.45, 2.75) is 32.6 Å². The average molecular weight is 330 g/mol. The number of rotatable bonds is 3. The van der Waals surface area contributed by atoms with Gasteiger partial charge in [-0.1, -0.05) is 39.0 Å². The normalized spacial score (nSPS) is 20.1. The minimum atomic E-state index is -3.58. The third kappa shape index (κ3) is 3.98. The van der Waals surface area contributed by atoms with Crippen LogP contribution >= 0.6 is 10.7 Å². The fourth-order valence-electron chi connectivity index (χ4n) is 2.75. The van der Waals surface area contributed by atoms with E-state index in [9.17, 15) is 13.2 Å². The van der Waals surface area contributed by atoms with E-state index in [4.69, 9.17) is 10.7 Å². The lowest BCUT2D eigenvalue weighted by Gasteiger charge is -2.27. The SMILES string of the molecule is CC(C)(C)c1ccccc1N1CC(CS(=O)(=O)Cl)CC1=O. The van der Waals surface area contributed by atoms with Crippen LogP contribution < -0.4 is 4.90 Å². The number of nitrogens with zero attached hydrogens (tertiary/aromatic N) is 1. The molecule has 1 aromatic carbocycles. The van der Waals surface area contributed by atoms with Crippen LogP contribution in [0, 0.1) is 5.92 Å². The van der Waals surface area contributed by atoms with Gasteiger partial charge in [0, 0.05) is 35.3 Å². The van der Waals surface area contributed by atoms with Gasteiger partial charge in [-0.15, -0.1) is 0 Å². The second-order valence-corrected chi connectivity index (χ2v) is 9.37. The molecular formula is C15H20ClNO3S. The van der Waals surface area contributed by atoms with E-state index in [-0.39, 0.29) is 29.4 Å². The van der Waals surface area contributed by atoms with Gasteiger partial charge in [0.05, 0.1) is 5.75 Å². The van der Waals surface area contributed by atoms with Crippen molar-refractivity contribution >= 4 is 31.3 Å². The zero-order valence-electron chi connectivity index (χ0n) is 12.5. The number of halogens is 1. The number of anilines is 1. The summed E-state index contributed by atoms with van der Waals surface area (Å²) < 4.78 is 22.4. The van der Waals surface area contributed by atoms with Gasteiger partial charge in [-0.05, 0) is 17.0 Å². The molecule has 1 aromatic rings. The minimum absolute atomic E-state index is 0.0444. The molecule has 0 bridgehead atoms. The number of hydrogen-bond acceptors (Lipinski definition) is 3. The molecule has 0 N–H and O–H groups in total. The molecule has 0 spiro atoms. The first kappa shape index (κ1) is 16.3. The van der Waals surface area contributed by atoms with Crippen LogP contribution in [0.5, 0.6) is 0 Å². The number of benzene rings is 1. The molecule has 2 rings (SSSR count). The van der Waals surface area contributed by atoms with Crippen LogP contribution in [0.2, 0.25) is 0 Å². The van der Waals surface area contributed by atoms with Crippen LogP contribution in [0.3, 0.4) is 0 Å². The number of hydrogen-bond donors (Lipinski definition) is 0. The molecule has 1 heterocycles. The molecule has 1 saturated heterocycles. The standard InChI is InChI=1S/C15H20ClNO3S/c1-15(2,3)12-6-4-5-7-13(12)17-9-11(8-14(17)18)10-21(16,19)20/h4-7,11H,8-10H2,1-3H3. The lowest BCUT2D eigenvalue weighted by molar-refractivity contribution is -0.117. The highest BCUT2D eigenvalue weighted by Crippen LogP contribution is 2.35. The van der Waals surface area contributed by atoms with Crippen molar-refractivity contribution in [3.8, 4) is 0 Å². The number of carbonyl (C=O) groups is 1. The third-order valence-electron chi connectivity index (χ3n) is 3.64. The minimum Gasteiger partial charge on any atom is -0.312 e. The van der Waals surface area contributed by atoms with Crippen molar-refractivity contribution < 1.29 is 13.2 Å². The smallest absolute Gasteiger partial charge is 0.232 e. The van der Waals surface area contributed by atoms with Gasteiger partial charge in [-0.3, -0.25) is 4.79 Å². The lowest BCUT2D eigenvalue weighted by Crippen LogP contribution is -2.28. The Kier molecular flexibility index (Phi) is 4.36. The maximum atomic E-state index is 12.2. The zero-order chi connectivity index (χ0) is 15.8. The van der Waals surface area contributed by atoms with Gasteiger partial charge in [0.15, 0.2) is 0 Å². The molecule has 6 heteroatoms. The average Bonchev–Trinajstić information content (AvgIpc) is 2.66. The summed E-state index contributed by atoms with van der Waals surface area (Å²) in [6.45, 7) is 6.67. The van der Waals surface area contributed by atoms with E-state index in [1.807, 2.05) is 24.3 Å². The Morgan fingerprint density at radius 2 is 1.90 bits per heavy atom. The van der Waals surface area contributed by atoms with Gasteiger partial charge < -0.3 is 4.90 Å². The Hall–Kier alpha value is -1.07. The Balaban J connectivity index is 2.30. The highest BCUT2D eigenvalue weighted by Gasteiger charge is 2.35. The Morgan fingerprint density at radius 1 is 1.29 bits per heavy atom. The van der Waals surface area contributed by atoms with Gasteiger partial charge in [0.25, 0.3) is 0 Å². The molecule has 21 heavy (non-hydrogen) atoms. The second kappa shape index (κ2) is 5.61. The summed E-state index contributed by atoms with van der Waals surface area (Å²) in [6.07, 6.45) is 0.227. The summed E-state index contributed by atoms with van der Waals surface area (Å²) in [6, 6.07) is 7.76. The first-order valence-corrected chi connectivity index (χ1v) is 9.38. The number of amides is 1. The van der Waals surface area contributed by atoms with Crippen LogP contribution in [0.25, 0.3) is 0 Å². The fourth-order valence-corrected chi connectivity index (χ4v) is 4.07. The third-order valence-corrected chi connectivity index (χ3v) is 4.89. The molecule has 0 aliphatic carbocycles. The molecule has 1 aliphatic heterocycles. The summed E-state index contributed by atoms with van der Waals surface area (Å²) in [5.74, 6) is -0.445. The maximum Gasteiger partial charge on any atom is 0.232 e. The van der Waals surface area contributed by atoms with Gasteiger partial charge in [-0.2, -0.15) is 0 Å². The Labute approximate surface area is 130 Å². The molecule has 1 fully saturated rings. The van der Waals surface area contributed by atoms with Crippen LogP contribution in [0.1, 0.15) is 32.8 Å². The van der Waals surface area contributed by atoms with Crippen molar-refractivity contribution in [2.75, 3.05) is 17.2 Å². The highest BCUT2D eigenvalue weighted by molar-refractivity contribution is 8.13. The Morgan fingerprint density at radius 3 is 2.48 bits per heavy atom. The van der Waals surface area contributed by atoms with E-state index >= 15 is 0 Å². The predicted molar refractivity (Wildman–Crippen MR) is 85.2 cm³/mol. The molecule has 0 saturated carbocycles. The van der Waals surface area contributed by atoms with E-state index in [1.54, 1.807) is 4.90 Å². The summed E-state index contributed by atoms with van der Waals surface area (Å²) in [4.78, 5) is 13.9. The molecular weight excluding hydrogens is 310 g/mol. The van der Waals surface area contributed by atoms with Crippen molar-refractivity contribution in [1.29, 1.82) is 0 Å². The van der Waals surface area contributed by atoms with Crippen molar-refractivity contribution in [3.05, 3.63) is 29.8 Å². The van der Waals surface area contributed by atoms with Crippen LogP contribution in [0.4, 0.5) is 5.69 Å². The quantitative estimate of drug-likeness (QED) is 0.801. The molecule has 1 unspecified atom stereocenters. The lowest BCUT2D eigenvalue weighted by atomic mass is 9.85. The molecule has 0 radical (unpaired) electrons. The van der Waals surface area contributed by atoms with Crippen molar-refractivity contribution in [2.24, 2.45) is 5.92 Å². The predicted octanol–water partition coefficient (Wildman–Crippen LogP) is 2.91.